The largest absolute Gasteiger partial charge is 0.573 e. The van der Waals surface area contributed by atoms with Gasteiger partial charge >= 0.3 is 6.36 Å². The number of carbonyl (C=O) groups is 1. The van der Waals surface area contributed by atoms with E-state index in [9.17, 15) is 22.4 Å². The van der Waals surface area contributed by atoms with E-state index in [1.165, 1.54) is 18.2 Å². The Balaban J connectivity index is 1.38. The first-order valence-electron chi connectivity index (χ1n) is 10.1. The smallest absolute Gasteiger partial charge is 0.406 e. The highest BCUT2D eigenvalue weighted by Gasteiger charge is 2.43. The van der Waals surface area contributed by atoms with E-state index in [1.54, 1.807) is 17.0 Å². The van der Waals surface area contributed by atoms with Crippen LogP contribution in [0.3, 0.4) is 0 Å². The number of amides is 1. The molecule has 0 saturated carbocycles. The van der Waals surface area contributed by atoms with Gasteiger partial charge in [0.25, 0.3) is 5.91 Å². The molecule has 0 aliphatic carbocycles. The molecule has 2 fully saturated rings. The van der Waals surface area contributed by atoms with Gasteiger partial charge in [0.2, 0.25) is 0 Å². The van der Waals surface area contributed by atoms with Gasteiger partial charge < -0.3 is 9.64 Å². The van der Waals surface area contributed by atoms with Gasteiger partial charge in [0, 0.05) is 43.9 Å². The lowest BCUT2D eigenvalue weighted by Gasteiger charge is -2.45. The average molecular weight is 437 g/mol. The first kappa shape index (κ1) is 21.6. The number of ether oxygens (including phenoxy) is 1. The van der Waals surface area contributed by atoms with E-state index < -0.39 is 6.36 Å². The van der Waals surface area contributed by atoms with Crippen molar-refractivity contribution >= 4 is 5.91 Å². The lowest BCUT2D eigenvalue weighted by Crippen LogP contribution is -2.58. The number of hydrogen-bond donors (Lipinski definition) is 1. The van der Waals surface area contributed by atoms with Crippen molar-refractivity contribution in [3.8, 4) is 5.75 Å². The number of carbonyl (C=O) groups excluding carboxylic acids is 1. The van der Waals surface area contributed by atoms with Crippen molar-refractivity contribution in [2.24, 2.45) is 0 Å². The Kier molecular flexibility index (Phi) is 5.90. The van der Waals surface area contributed by atoms with Crippen LogP contribution in [0.15, 0.2) is 48.5 Å². The summed E-state index contributed by atoms with van der Waals surface area (Å²) in [5.74, 6) is -0.817. The van der Waals surface area contributed by atoms with Crippen LogP contribution in [0, 0.1) is 5.82 Å². The van der Waals surface area contributed by atoms with E-state index in [0.717, 1.165) is 25.2 Å². The molecular weight excluding hydrogens is 414 g/mol. The maximum Gasteiger partial charge on any atom is 0.573 e. The second-order valence-electron chi connectivity index (χ2n) is 7.84. The average Bonchev–Trinajstić information content (AvgIpc) is 3.11. The molecule has 2 saturated heterocycles. The van der Waals surface area contributed by atoms with Crippen LogP contribution in [0.1, 0.15) is 28.8 Å². The molecule has 2 aromatic carbocycles. The van der Waals surface area contributed by atoms with Crippen molar-refractivity contribution in [2.45, 2.75) is 31.4 Å². The molecule has 0 unspecified atom stereocenters. The first-order valence-corrected chi connectivity index (χ1v) is 10.1. The topological polar surface area (TPSA) is 44.8 Å². The third-order valence-corrected chi connectivity index (χ3v) is 5.97. The number of nitrogens with one attached hydrogen (secondary N) is 1. The zero-order valence-corrected chi connectivity index (χ0v) is 16.8. The van der Waals surface area contributed by atoms with E-state index >= 15 is 0 Å². The summed E-state index contributed by atoms with van der Waals surface area (Å²) < 4.78 is 54.8. The van der Waals surface area contributed by atoms with Crippen LogP contribution in [-0.2, 0) is 6.54 Å². The lowest BCUT2D eigenvalue weighted by atomic mass is 9.95. The van der Waals surface area contributed by atoms with Gasteiger partial charge in [-0.2, -0.15) is 0 Å². The molecule has 0 bridgehead atoms. The van der Waals surface area contributed by atoms with Crippen LogP contribution >= 0.6 is 0 Å². The van der Waals surface area contributed by atoms with Gasteiger partial charge in [0.15, 0.2) is 0 Å². The molecule has 2 heterocycles. The number of rotatable bonds is 4. The number of hydrogen-bond acceptors (Lipinski definition) is 4. The van der Waals surface area contributed by atoms with Crippen molar-refractivity contribution in [1.82, 2.24) is 15.1 Å². The molecule has 1 spiro atoms. The molecule has 166 valence electrons. The molecule has 1 amide bonds. The molecule has 2 aliphatic rings. The zero-order chi connectivity index (χ0) is 22.1. The Morgan fingerprint density at radius 3 is 2.35 bits per heavy atom. The summed E-state index contributed by atoms with van der Waals surface area (Å²) in [7, 11) is 0. The molecule has 31 heavy (non-hydrogen) atoms. The SMILES string of the molecule is O=C(c1ccc(OC(F)(F)F)cc1)N1CCC2(CC1)NCCN2Cc1ccccc1F. The third kappa shape index (κ3) is 4.83. The minimum atomic E-state index is -4.77. The Morgan fingerprint density at radius 1 is 1.03 bits per heavy atom. The minimum absolute atomic E-state index is 0.227. The molecule has 4 rings (SSSR count). The summed E-state index contributed by atoms with van der Waals surface area (Å²) in [6.07, 6.45) is -3.40. The van der Waals surface area contributed by atoms with E-state index in [4.69, 9.17) is 0 Å². The highest BCUT2D eigenvalue weighted by molar-refractivity contribution is 5.94. The Bertz CT molecular complexity index is 925. The predicted molar refractivity (Wildman–Crippen MR) is 106 cm³/mol. The highest BCUT2D eigenvalue weighted by atomic mass is 19.4. The standard InChI is InChI=1S/C22H23F4N3O2/c23-19-4-2-1-3-17(19)15-29-14-11-27-21(29)9-12-28(13-10-21)20(30)16-5-7-18(8-6-16)31-22(24,25)26/h1-8,27H,9-15H2. The van der Waals surface area contributed by atoms with Crippen LogP contribution in [0.4, 0.5) is 17.6 Å². The molecule has 5 nitrogen and oxygen atoms in total. The first-order chi connectivity index (χ1) is 14.8. The second kappa shape index (κ2) is 8.47. The number of halogens is 4. The van der Waals surface area contributed by atoms with Crippen molar-refractivity contribution in [1.29, 1.82) is 0 Å². The lowest BCUT2D eigenvalue weighted by molar-refractivity contribution is -0.274. The van der Waals surface area contributed by atoms with Crippen molar-refractivity contribution in [2.75, 3.05) is 26.2 Å². The fourth-order valence-corrected chi connectivity index (χ4v) is 4.37. The Hall–Kier alpha value is -2.65. The molecule has 2 aliphatic heterocycles. The number of piperidine rings is 1. The maximum absolute atomic E-state index is 14.1. The number of nitrogens with zero attached hydrogens (tertiary/aromatic N) is 2. The summed E-state index contributed by atoms with van der Waals surface area (Å²) >= 11 is 0. The number of alkyl halides is 3. The second-order valence-corrected chi connectivity index (χ2v) is 7.84. The molecule has 1 N–H and O–H groups in total. The summed E-state index contributed by atoms with van der Waals surface area (Å²) in [6, 6.07) is 11.7. The Labute approximate surface area is 177 Å². The van der Waals surface area contributed by atoms with Crippen molar-refractivity contribution in [3.63, 3.8) is 0 Å². The van der Waals surface area contributed by atoms with Gasteiger partial charge in [-0.05, 0) is 43.2 Å². The quantitative estimate of drug-likeness (QED) is 0.740. The highest BCUT2D eigenvalue weighted by Crippen LogP contribution is 2.32. The van der Waals surface area contributed by atoms with E-state index in [1.807, 2.05) is 6.07 Å². The molecule has 9 heteroatoms. The van der Waals surface area contributed by atoms with Gasteiger partial charge in [-0.1, -0.05) is 18.2 Å². The molecular formula is C22H23F4N3O2. The predicted octanol–water partition coefficient (Wildman–Crippen LogP) is 3.76. The fraction of sp³-hybridized carbons (Fsp3) is 0.409. The molecule has 2 aromatic rings. The van der Waals surface area contributed by atoms with Crippen molar-refractivity contribution < 1.29 is 27.1 Å². The van der Waals surface area contributed by atoms with Gasteiger partial charge in [0.05, 0.1) is 5.66 Å². The third-order valence-electron chi connectivity index (χ3n) is 5.97. The van der Waals surface area contributed by atoms with Crippen LogP contribution in [0.2, 0.25) is 0 Å². The van der Waals surface area contributed by atoms with Crippen LogP contribution < -0.4 is 10.1 Å². The van der Waals surface area contributed by atoms with Crippen molar-refractivity contribution in [3.05, 3.63) is 65.5 Å². The van der Waals surface area contributed by atoms with E-state index in [-0.39, 0.29) is 23.1 Å². The number of likely N-dealkylation sites (tertiary alicyclic amines) is 1. The Morgan fingerprint density at radius 2 is 1.71 bits per heavy atom. The van der Waals surface area contributed by atoms with Gasteiger partial charge in [-0.25, -0.2) is 4.39 Å². The summed E-state index contributed by atoms with van der Waals surface area (Å²) in [6.45, 7) is 3.08. The number of benzene rings is 2. The van der Waals surface area contributed by atoms with E-state index in [0.29, 0.717) is 43.6 Å². The van der Waals surface area contributed by atoms with Gasteiger partial charge in [0.1, 0.15) is 11.6 Å². The normalized spacial score (nSPS) is 19.0. The monoisotopic (exact) mass is 437 g/mol. The van der Waals surface area contributed by atoms with Crippen LogP contribution in [0.25, 0.3) is 0 Å². The molecule has 0 aromatic heterocycles. The maximum atomic E-state index is 14.1. The van der Waals surface area contributed by atoms with Crippen LogP contribution in [-0.4, -0.2) is 53.9 Å². The van der Waals surface area contributed by atoms with Crippen LogP contribution in [0.5, 0.6) is 5.75 Å². The summed E-state index contributed by atoms with van der Waals surface area (Å²) in [5.41, 5.74) is 0.669. The summed E-state index contributed by atoms with van der Waals surface area (Å²) in [4.78, 5) is 16.7. The summed E-state index contributed by atoms with van der Waals surface area (Å²) in [5, 5.41) is 3.53. The minimum Gasteiger partial charge on any atom is -0.406 e. The molecule has 0 radical (unpaired) electrons. The molecule has 0 atom stereocenters. The van der Waals surface area contributed by atoms with Gasteiger partial charge in [-0.3, -0.25) is 15.0 Å². The van der Waals surface area contributed by atoms with Gasteiger partial charge in [-0.15, -0.1) is 13.2 Å². The van der Waals surface area contributed by atoms with E-state index in [2.05, 4.69) is 15.0 Å². The fourth-order valence-electron chi connectivity index (χ4n) is 4.37. The zero-order valence-electron chi connectivity index (χ0n) is 16.8.